The van der Waals surface area contributed by atoms with Crippen molar-refractivity contribution in [2.45, 2.75) is 58.5 Å². The lowest BCUT2D eigenvalue weighted by Crippen LogP contribution is -2.45. The van der Waals surface area contributed by atoms with E-state index < -0.39 is 11.0 Å². The van der Waals surface area contributed by atoms with Gasteiger partial charge in [0.15, 0.2) is 5.78 Å². The Morgan fingerprint density at radius 2 is 1.91 bits per heavy atom. The zero-order valence-electron chi connectivity index (χ0n) is 14.3. The summed E-state index contributed by atoms with van der Waals surface area (Å²) in [6.07, 6.45) is 7.13. The predicted octanol–water partition coefficient (Wildman–Crippen LogP) is 4.56. The summed E-state index contributed by atoms with van der Waals surface area (Å²) in [5.41, 5.74) is -0.517. The zero-order valence-corrected chi connectivity index (χ0v) is 14.3. The Bertz CT molecular complexity index is 581. The number of esters is 1. The Hall–Kier alpha value is -1.90. The van der Waals surface area contributed by atoms with Gasteiger partial charge in [0.1, 0.15) is 11.0 Å². The third kappa shape index (κ3) is 4.54. The molecule has 0 aliphatic heterocycles. The summed E-state index contributed by atoms with van der Waals surface area (Å²) < 4.78 is 5.56. The molecule has 0 spiro atoms. The second-order valence-electron chi connectivity index (χ2n) is 7.23. The normalized spacial score (nSPS) is 22.3. The molecule has 1 fully saturated rings. The van der Waals surface area contributed by atoms with Gasteiger partial charge in [-0.25, -0.2) is 0 Å². The van der Waals surface area contributed by atoms with E-state index >= 15 is 0 Å². The van der Waals surface area contributed by atoms with Crippen LogP contribution in [0.1, 0.15) is 58.4 Å². The van der Waals surface area contributed by atoms with Crippen LogP contribution in [0, 0.1) is 5.41 Å². The molecule has 1 atom stereocenters. The van der Waals surface area contributed by atoms with Crippen molar-refractivity contribution in [3.8, 4) is 0 Å². The van der Waals surface area contributed by atoms with Crippen molar-refractivity contribution in [3.63, 3.8) is 0 Å². The first-order chi connectivity index (χ1) is 10.8. The van der Waals surface area contributed by atoms with Crippen LogP contribution >= 0.6 is 0 Å². The van der Waals surface area contributed by atoms with Crippen molar-refractivity contribution >= 4 is 17.8 Å². The van der Waals surface area contributed by atoms with Gasteiger partial charge in [-0.15, -0.1) is 0 Å². The van der Waals surface area contributed by atoms with Crippen LogP contribution in [0.4, 0.5) is 0 Å². The van der Waals surface area contributed by atoms with Gasteiger partial charge in [-0.3, -0.25) is 9.59 Å². The summed E-state index contributed by atoms with van der Waals surface area (Å²) in [6.45, 7) is 5.52. The van der Waals surface area contributed by atoms with E-state index in [0.717, 1.165) is 18.4 Å². The van der Waals surface area contributed by atoms with Crippen molar-refractivity contribution < 1.29 is 14.3 Å². The number of hydrogen-bond acceptors (Lipinski definition) is 3. The maximum absolute atomic E-state index is 12.7. The molecule has 3 heteroatoms. The number of hydrogen-bond donors (Lipinski definition) is 0. The first-order valence-corrected chi connectivity index (χ1v) is 8.32. The molecule has 23 heavy (non-hydrogen) atoms. The summed E-state index contributed by atoms with van der Waals surface area (Å²) in [7, 11) is 0. The molecule has 1 aliphatic rings. The average Bonchev–Trinajstić information content (AvgIpc) is 2.48. The number of allylic oxidation sites excluding steroid dienone is 1. The zero-order chi connectivity index (χ0) is 16.9. The molecule has 0 N–H and O–H groups in total. The van der Waals surface area contributed by atoms with Crippen LogP contribution in [-0.4, -0.2) is 17.4 Å². The van der Waals surface area contributed by atoms with E-state index in [2.05, 4.69) is 0 Å². The fourth-order valence-corrected chi connectivity index (χ4v) is 2.94. The summed E-state index contributed by atoms with van der Waals surface area (Å²) in [6, 6.07) is 9.90. The van der Waals surface area contributed by atoms with Gasteiger partial charge in [0.05, 0.1) is 0 Å². The Morgan fingerprint density at radius 1 is 1.22 bits per heavy atom. The van der Waals surface area contributed by atoms with Crippen molar-refractivity contribution in [1.29, 1.82) is 0 Å². The number of carbonyl (C=O) groups is 2. The van der Waals surface area contributed by atoms with Gasteiger partial charge >= 0.3 is 5.97 Å². The molecule has 1 aliphatic carbocycles. The van der Waals surface area contributed by atoms with Gasteiger partial charge in [0.25, 0.3) is 0 Å². The van der Waals surface area contributed by atoms with E-state index in [1.807, 2.05) is 63.3 Å². The summed E-state index contributed by atoms with van der Waals surface area (Å²) >= 11 is 0. The van der Waals surface area contributed by atoms with Crippen LogP contribution < -0.4 is 0 Å². The number of rotatable bonds is 4. The quantitative estimate of drug-likeness (QED) is 0.604. The molecule has 0 bridgehead atoms. The van der Waals surface area contributed by atoms with Crippen LogP contribution in [-0.2, 0) is 14.3 Å². The summed E-state index contributed by atoms with van der Waals surface area (Å²) in [5, 5.41) is 0. The van der Waals surface area contributed by atoms with Crippen LogP contribution in [0.2, 0.25) is 0 Å². The summed E-state index contributed by atoms with van der Waals surface area (Å²) in [4.78, 5) is 25.3. The van der Waals surface area contributed by atoms with E-state index in [1.54, 1.807) is 0 Å². The van der Waals surface area contributed by atoms with E-state index in [1.165, 1.54) is 0 Å². The Balaban J connectivity index is 2.19. The minimum atomic E-state index is -1.00. The monoisotopic (exact) mass is 314 g/mol. The van der Waals surface area contributed by atoms with E-state index in [4.69, 9.17) is 4.74 Å². The third-order valence-corrected chi connectivity index (χ3v) is 4.16. The molecular weight excluding hydrogens is 288 g/mol. The number of Topliss-reactive ketones (excluding diaryl/α,β-unsaturated/α-hetero) is 1. The van der Waals surface area contributed by atoms with Gasteiger partial charge in [-0.2, -0.15) is 0 Å². The first-order valence-electron chi connectivity index (χ1n) is 8.32. The average molecular weight is 314 g/mol. The fraction of sp³-hybridized carbons (Fsp3) is 0.500. The molecular formula is C20H26O3. The molecule has 1 unspecified atom stereocenters. The van der Waals surface area contributed by atoms with Crippen molar-refractivity contribution in [3.05, 3.63) is 42.0 Å². The third-order valence-electron chi connectivity index (χ3n) is 4.16. The van der Waals surface area contributed by atoms with Gasteiger partial charge < -0.3 is 4.74 Å². The first kappa shape index (κ1) is 17.5. The van der Waals surface area contributed by atoms with Gasteiger partial charge in [0.2, 0.25) is 0 Å². The van der Waals surface area contributed by atoms with Gasteiger partial charge in [-0.1, -0.05) is 48.9 Å². The smallest absolute Gasteiger partial charge is 0.320 e. The molecule has 1 saturated carbocycles. The lowest BCUT2D eigenvalue weighted by molar-refractivity contribution is -0.172. The lowest BCUT2D eigenvalue weighted by atomic mass is 9.70. The molecule has 0 radical (unpaired) electrons. The van der Waals surface area contributed by atoms with Crippen LogP contribution in [0.15, 0.2) is 36.4 Å². The highest BCUT2D eigenvalue weighted by Gasteiger charge is 2.48. The fourth-order valence-electron chi connectivity index (χ4n) is 2.94. The predicted molar refractivity (Wildman–Crippen MR) is 91.8 cm³/mol. The highest BCUT2D eigenvalue weighted by Crippen LogP contribution is 2.39. The Morgan fingerprint density at radius 3 is 2.52 bits per heavy atom. The van der Waals surface area contributed by atoms with Gasteiger partial charge in [-0.05, 0) is 45.6 Å². The van der Waals surface area contributed by atoms with E-state index in [9.17, 15) is 9.59 Å². The molecule has 1 aromatic carbocycles. The summed E-state index contributed by atoms with van der Waals surface area (Å²) in [5.74, 6) is -0.344. The minimum absolute atomic E-state index is 0.0238. The minimum Gasteiger partial charge on any atom is -0.459 e. The molecule has 0 saturated heterocycles. The van der Waals surface area contributed by atoms with E-state index in [0.29, 0.717) is 19.3 Å². The number of benzene rings is 1. The molecule has 1 aromatic rings. The molecule has 0 amide bonds. The van der Waals surface area contributed by atoms with Crippen molar-refractivity contribution in [2.24, 2.45) is 5.41 Å². The molecule has 0 aromatic heterocycles. The van der Waals surface area contributed by atoms with Crippen LogP contribution in [0.25, 0.3) is 6.08 Å². The number of ether oxygens (including phenoxy) is 1. The second-order valence-corrected chi connectivity index (χ2v) is 7.23. The van der Waals surface area contributed by atoms with Crippen LogP contribution in [0.3, 0.4) is 0 Å². The topological polar surface area (TPSA) is 43.4 Å². The van der Waals surface area contributed by atoms with Crippen LogP contribution in [0.5, 0.6) is 0 Å². The lowest BCUT2D eigenvalue weighted by Gasteiger charge is -2.35. The Labute approximate surface area is 138 Å². The Kier molecular flexibility index (Phi) is 5.40. The highest BCUT2D eigenvalue weighted by molar-refractivity contribution is 6.04. The second kappa shape index (κ2) is 7.12. The van der Waals surface area contributed by atoms with Crippen molar-refractivity contribution in [1.82, 2.24) is 0 Å². The standard InChI is InChI=1S/C20H26O3/c1-19(2,3)23-18(22)20(14-8-7-13-17(20)21)15-9-12-16-10-5-4-6-11-16/h4-6,9-12H,7-8,13-15H2,1-3H3/b12-9+. The van der Waals surface area contributed by atoms with E-state index in [-0.39, 0.29) is 11.8 Å². The van der Waals surface area contributed by atoms with Crippen molar-refractivity contribution in [2.75, 3.05) is 0 Å². The number of carbonyl (C=O) groups excluding carboxylic acids is 2. The molecule has 3 nitrogen and oxygen atoms in total. The highest BCUT2D eigenvalue weighted by atomic mass is 16.6. The SMILES string of the molecule is CC(C)(C)OC(=O)C1(C/C=C/c2ccccc2)CCCCC1=O. The number of ketones is 1. The maximum Gasteiger partial charge on any atom is 0.320 e. The molecule has 0 heterocycles. The maximum atomic E-state index is 12.7. The largest absolute Gasteiger partial charge is 0.459 e. The van der Waals surface area contributed by atoms with Gasteiger partial charge in [0, 0.05) is 6.42 Å². The molecule has 124 valence electrons. The molecule has 2 rings (SSSR count).